The average Bonchev–Trinajstić information content (AvgIpc) is 2.25. The normalized spacial score (nSPS) is 15.8. The van der Waals surface area contributed by atoms with E-state index in [4.69, 9.17) is 9.42 Å². The molecule has 0 fully saturated rings. The summed E-state index contributed by atoms with van der Waals surface area (Å²) in [5, 5.41) is 2.94. The van der Waals surface area contributed by atoms with Gasteiger partial charge in [-0.2, -0.15) is 0 Å². The van der Waals surface area contributed by atoms with Gasteiger partial charge in [0.15, 0.2) is 0 Å². The lowest BCUT2D eigenvalue weighted by Crippen LogP contribution is -2.34. The number of nitrogens with one attached hydrogen (secondary N) is 1. The fourth-order valence-corrected chi connectivity index (χ4v) is 2.08. The summed E-state index contributed by atoms with van der Waals surface area (Å²) in [6.07, 6.45) is 0.578. The van der Waals surface area contributed by atoms with Crippen LogP contribution in [0.1, 0.15) is 12.5 Å². The van der Waals surface area contributed by atoms with Gasteiger partial charge in [-0.1, -0.05) is 12.1 Å². The number of rotatable bonds is 6. The number of benzene rings is 1. The molecule has 1 aromatic carbocycles. The Hall–Kier alpha value is -1.16. The van der Waals surface area contributed by atoms with E-state index in [1.165, 1.54) is 6.92 Å². The summed E-state index contributed by atoms with van der Waals surface area (Å²) < 4.78 is 15.9. The van der Waals surface area contributed by atoms with Crippen LogP contribution >= 0.6 is 7.60 Å². The molecule has 0 saturated carbocycles. The van der Waals surface area contributed by atoms with Gasteiger partial charge in [0.25, 0.3) is 0 Å². The first kappa shape index (κ1) is 14.9. The summed E-state index contributed by atoms with van der Waals surface area (Å²) >= 11 is 0. The van der Waals surface area contributed by atoms with Gasteiger partial charge in [0, 0.05) is 6.66 Å². The highest BCUT2D eigenvalue weighted by atomic mass is 31.2. The third kappa shape index (κ3) is 5.00. The number of hydrogen-bond acceptors (Lipinski definition) is 4. The van der Waals surface area contributed by atoms with Crippen LogP contribution in [0.3, 0.4) is 0 Å². The molecule has 0 aliphatic heterocycles. The van der Waals surface area contributed by atoms with Gasteiger partial charge in [-0.3, -0.25) is 4.79 Å². The van der Waals surface area contributed by atoms with E-state index >= 15 is 0 Å². The molecule has 0 aromatic heterocycles. The zero-order valence-corrected chi connectivity index (χ0v) is 11.6. The first-order valence-corrected chi connectivity index (χ1v) is 7.61. The molecule has 0 aliphatic rings. The third-order valence-corrected chi connectivity index (χ3v) is 3.03. The number of ketones is 1. The summed E-state index contributed by atoms with van der Waals surface area (Å²) in [4.78, 5) is 20.4. The van der Waals surface area contributed by atoms with E-state index in [2.05, 4.69) is 5.32 Å². The third-order valence-electron chi connectivity index (χ3n) is 2.48. The highest BCUT2D eigenvalue weighted by Gasteiger charge is 2.14. The first-order valence-electron chi connectivity index (χ1n) is 5.58. The molecule has 1 rings (SSSR count). The predicted octanol–water partition coefficient (Wildman–Crippen LogP) is 1.60. The van der Waals surface area contributed by atoms with E-state index in [0.29, 0.717) is 12.2 Å². The van der Waals surface area contributed by atoms with Gasteiger partial charge in [-0.15, -0.1) is 0 Å². The van der Waals surface area contributed by atoms with E-state index < -0.39 is 7.60 Å². The number of hydrogen-bond donors (Lipinski definition) is 2. The molecule has 0 bridgehead atoms. The van der Waals surface area contributed by atoms with Gasteiger partial charge in [0.1, 0.15) is 11.5 Å². The van der Waals surface area contributed by atoms with Crippen molar-refractivity contribution in [2.45, 2.75) is 19.4 Å². The molecule has 0 spiro atoms. The van der Waals surface area contributed by atoms with Gasteiger partial charge in [0.05, 0.1) is 6.04 Å². The fourth-order valence-electron chi connectivity index (χ4n) is 1.57. The highest BCUT2D eigenvalue weighted by molar-refractivity contribution is 7.52. The molecule has 0 heterocycles. The monoisotopic (exact) mass is 271 g/mol. The van der Waals surface area contributed by atoms with Crippen molar-refractivity contribution in [1.82, 2.24) is 5.32 Å². The second-order valence-corrected chi connectivity index (χ2v) is 5.98. The molecule has 0 saturated heterocycles. The van der Waals surface area contributed by atoms with E-state index in [0.717, 1.165) is 12.2 Å². The van der Waals surface area contributed by atoms with Gasteiger partial charge in [-0.05, 0) is 38.1 Å². The average molecular weight is 271 g/mol. The molecule has 2 N–H and O–H groups in total. The Morgan fingerprint density at radius 1 is 1.44 bits per heavy atom. The SMILES string of the molecule is CN[C@@H](Cc1ccc(OP(C)(=O)O)cc1)C(C)=O. The smallest absolute Gasteiger partial charge is 0.373 e. The van der Waals surface area contributed by atoms with Crippen LogP contribution in [0.5, 0.6) is 5.75 Å². The van der Waals surface area contributed by atoms with Crippen molar-refractivity contribution >= 4 is 13.4 Å². The van der Waals surface area contributed by atoms with Crippen LogP contribution in [-0.2, 0) is 15.8 Å². The standard InChI is InChI=1S/C12H18NO4P/c1-9(14)12(13-2)8-10-4-6-11(7-5-10)17-18(3,15)16/h4-7,12-13H,8H2,1-3H3,(H,15,16)/t12-/m0/s1. The van der Waals surface area contributed by atoms with E-state index in [1.807, 2.05) is 0 Å². The second-order valence-electron chi connectivity index (χ2n) is 4.19. The Bertz CT molecular complexity index is 452. The Morgan fingerprint density at radius 2 is 2.00 bits per heavy atom. The van der Waals surface area contributed by atoms with Crippen LogP contribution in [0.15, 0.2) is 24.3 Å². The van der Waals surface area contributed by atoms with E-state index in [-0.39, 0.29) is 11.8 Å². The highest BCUT2D eigenvalue weighted by Crippen LogP contribution is 2.37. The topological polar surface area (TPSA) is 75.6 Å². The van der Waals surface area contributed by atoms with Crippen molar-refractivity contribution in [3.63, 3.8) is 0 Å². The molecule has 0 amide bonds. The summed E-state index contributed by atoms with van der Waals surface area (Å²) in [6.45, 7) is 2.67. The van der Waals surface area contributed by atoms with Crippen molar-refractivity contribution in [3.05, 3.63) is 29.8 Å². The van der Waals surface area contributed by atoms with E-state index in [1.54, 1.807) is 31.3 Å². The van der Waals surface area contributed by atoms with Crippen LogP contribution in [0.25, 0.3) is 0 Å². The van der Waals surface area contributed by atoms with Crippen LogP contribution in [0.4, 0.5) is 0 Å². The Labute approximate surface area is 107 Å². The minimum atomic E-state index is -3.52. The molecule has 0 radical (unpaired) electrons. The van der Waals surface area contributed by atoms with Crippen molar-refractivity contribution in [1.29, 1.82) is 0 Å². The van der Waals surface area contributed by atoms with Crippen LogP contribution in [0.2, 0.25) is 0 Å². The Morgan fingerprint density at radius 3 is 2.39 bits per heavy atom. The molecule has 1 aromatic rings. The fraction of sp³-hybridized carbons (Fsp3) is 0.417. The van der Waals surface area contributed by atoms with Crippen molar-refractivity contribution < 1.29 is 18.8 Å². The summed E-state index contributed by atoms with van der Waals surface area (Å²) in [7, 11) is -1.78. The minimum Gasteiger partial charge on any atom is -0.425 e. The molecule has 1 unspecified atom stereocenters. The zero-order chi connectivity index (χ0) is 13.8. The van der Waals surface area contributed by atoms with Crippen LogP contribution < -0.4 is 9.84 Å². The molecular formula is C12H18NO4P. The quantitative estimate of drug-likeness (QED) is 0.769. The molecule has 5 nitrogen and oxygen atoms in total. The number of carbonyl (C=O) groups excluding carboxylic acids is 1. The summed E-state index contributed by atoms with van der Waals surface area (Å²) in [6, 6.07) is 6.58. The van der Waals surface area contributed by atoms with Crippen LogP contribution in [0, 0.1) is 0 Å². The first-order chi connectivity index (χ1) is 8.31. The molecule has 100 valence electrons. The van der Waals surface area contributed by atoms with Gasteiger partial charge >= 0.3 is 7.60 Å². The number of Topliss-reactive ketones (excluding diaryl/α,β-unsaturated/α-hetero) is 1. The Balaban J connectivity index is 2.71. The largest absolute Gasteiger partial charge is 0.425 e. The molecule has 6 heteroatoms. The number of likely N-dealkylation sites (N-methyl/N-ethyl adjacent to an activating group) is 1. The molecular weight excluding hydrogens is 253 g/mol. The lowest BCUT2D eigenvalue weighted by Gasteiger charge is -2.13. The van der Waals surface area contributed by atoms with Crippen molar-refractivity contribution in [2.24, 2.45) is 0 Å². The number of carbonyl (C=O) groups is 1. The van der Waals surface area contributed by atoms with Crippen molar-refractivity contribution in [3.8, 4) is 5.75 Å². The summed E-state index contributed by atoms with van der Waals surface area (Å²) in [5.41, 5.74) is 0.959. The second kappa shape index (κ2) is 6.14. The zero-order valence-electron chi connectivity index (χ0n) is 10.7. The molecule has 2 atom stereocenters. The maximum absolute atomic E-state index is 11.3. The van der Waals surface area contributed by atoms with E-state index in [9.17, 15) is 9.36 Å². The lowest BCUT2D eigenvalue weighted by atomic mass is 10.0. The van der Waals surface area contributed by atoms with Gasteiger partial charge < -0.3 is 14.7 Å². The molecule has 0 aliphatic carbocycles. The lowest BCUT2D eigenvalue weighted by molar-refractivity contribution is -0.118. The molecule has 18 heavy (non-hydrogen) atoms. The van der Waals surface area contributed by atoms with Gasteiger partial charge in [0.2, 0.25) is 0 Å². The summed E-state index contributed by atoms with van der Waals surface area (Å²) in [5.74, 6) is 0.419. The maximum atomic E-state index is 11.3. The van der Waals surface area contributed by atoms with Gasteiger partial charge in [-0.25, -0.2) is 4.57 Å². The van der Waals surface area contributed by atoms with Crippen LogP contribution in [-0.4, -0.2) is 30.4 Å². The Kier molecular flexibility index (Phi) is 5.08. The predicted molar refractivity (Wildman–Crippen MR) is 70.1 cm³/mol. The maximum Gasteiger partial charge on any atom is 0.373 e. The van der Waals surface area contributed by atoms with Crippen molar-refractivity contribution in [2.75, 3.05) is 13.7 Å². The minimum absolute atomic E-state index is 0.0752.